The van der Waals surface area contributed by atoms with Gasteiger partial charge in [-0.1, -0.05) is 24.8 Å². The van der Waals surface area contributed by atoms with Crippen LogP contribution in [0, 0.1) is 0 Å². The second kappa shape index (κ2) is 11.9. The molecule has 1 aliphatic rings. The average Bonchev–Trinajstić information content (AvgIpc) is 3.63. The molecule has 2 aromatic heterocycles. The normalized spacial score (nSPS) is 13.6. The van der Waals surface area contributed by atoms with Crippen molar-refractivity contribution in [3.63, 3.8) is 0 Å². The number of ether oxygens (including phenoxy) is 2. The number of fused-ring (bicyclic) bond motifs is 1. The molecule has 0 spiro atoms. The lowest BCUT2D eigenvalue weighted by atomic mass is 10.1. The quantitative estimate of drug-likeness (QED) is 0.190. The van der Waals surface area contributed by atoms with Crippen LogP contribution in [0.25, 0.3) is 22.2 Å². The number of amides is 2. The molecule has 44 heavy (non-hydrogen) atoms. The van der Waals surface area contributed by atoms with Crippen LogP contribution in [0.15, 0.2) is 67.5 Å². The molecule has 11 heteroatoms. The number of aromatic nitrogens is 3. The summed E-state index contributed by atoms with van der Waals surface area (Å²) in [6, 6.07) is 13.6. The molecule has 2 heterocycles. The van der Waals surface area contributed by atoms with Crippen LogP contribution in [-0.4, -0.2) is 58.4 Å². The lowest BCUT2D eigenvalue weighted by Crippen LogP contribution is -2.46. The Morgan fingerprint density at radius 2 is 1.91 bits per heavy atom. The van der Waals surface area contributed by atoms with Gasteiger partial charge in [-0.15, -0.1) is 0 Å². The largest absolute Gasteiger partial charge is 0.494 e. The minimum Gasteiger partial charge on any atom is -0.494 e. The maximum Gasteiger partial charge on any atom is 0.408 e. The molecule has 0 unspecified atom stereocenters. The molecule has 3 N–H and O–H groups in total. The van der Waals surface area contributed by atoms with Gasteiger partial charge in [-0.3, -0.25) is 4.79 Å². The SMILES string of the molecule is C=CC(=O)Nc1cc(Nc2nccc(-c3cn(C)c4ccccc34)n2)c(OC)cc1N(C)CC1(NC(=O)OC(C)(C)C)CC1. The first-order valence-corrected chi connectivity index (χ1v) is 14.4. The summed E-state index contributed by atoms with van der Waals surface area (Å²) in [6.45, 7) is 9.59. The van der Waals surface area contributed by atoms with Gasteiger partial charge in [-0.25, -0.2) is 14.8 Å². The van der Waals surface area contributed by atoms with Gasteiger partial charge in [0, 0.05) is 55.6 Å². The molecule has 230 valence electrons. The van der Waals surface area contributed by atoms with E-state index in [1.807, 2.05) is 64.0 Å². The summed E-state index contributed by atoms with van der Waals surface area (Å²) in [5, 5.41) is 10.3. The van der Waals surface area contributed by atoms with Crippen LogP contribution in [0.3, 0.4) is 0 Å². The Morgan fingerprint density at radius 3 is 2.59 bits per heavy atom. The van der Waals surface area contributed by atoms with E-state index >= 15 is 0 Å². The number of anilines is 4. The van der Waals surface area contributed by atoms with E-state index in [2.05, 4.69) is 50.4 Å². The molecule has 2 aromatic carbocycles. The summed E-state index contributed by atoms with van der Waals surface area (Å²) >= 11 is 0. The molecule has 0 radical (unpaired) electrons. The zero-order chi connectivity index (χ0) is 31.6. The molecule has 1 saturated carbocycles. The number of rotatable bonds is 10. The van der Waals surface area contributed by atoms with Crippen molar-refractivity contribution >= 4 is 45.9 Å². The van der Waals surface area contributed by atoms with Gasteiger partial charge in [0.1, 0.15) is 11.4 Å². The smallest absolute Gasteiger partial charge is 0.408 e. The topological polar surface area (TPSA) is 123 Å². The fourth-order valence-corrected chi connectivity index (χ4v) is 5.20. The lowest BCUT2D eigenvalue weighted by molar-refractivity contribution is -0.111. The Kier molecular flexibility index (Phi) is 8.23. The molecule has 11 nitrogen and oxygen atoms in total. The number of hydrogen-bond donors (Lipinski definition) is 3. The van der Waals surface area contributed by atoms with E-state index < -0.39 is 17.2 Å². The van der Waals surface area contributed by atoms with E-state index in [0.29, 0.717) is 35.3 Å². The van der Waals surface area contributed by atoms with Gasteiger partial charge < -0.3 is 34.9 Å². The van der Waals surface area contributed by atoms with Crippen molar-refractivity contribution in [3.8, 4) is 17.0 Å². The zero-order valence-corrected chi connectivity index (χ0v) is 26.0. The summed E-state index contributed by atoms with van der Waals surface area (Å²) < 4.78 is 13.3. The predicted molar refractivity (Wildman–Crippen MR) is 174 cm³/mol. The first-order chi connectivity index (χ1) is 20.9. The minimum absolute atomic E-state index is 0.363. The van der Waals surface area contributed by atoms with Gasteiger partial charge in [0.05, 0.1) is 35.4 Å². The summed E-state index contributed by atoms with van der Waals surface area (Å²) in [5.41, 5.74) is 3.62. The summed E-state index contributed by atoms with van der Waals surface area (Å²) in [7, 11) is 5.48. The molecule has 0 aliphatic heterocycles. The number of aryl methyl sites for hydroxylation is 1. The first-order valence-electron chi connectivity index (χ1n) is 14.4. The number of nitrogens with zero attached hydrogens (tertiary/aromatic N) is 4. The van der Waals surface area contributed by atoms with E-state index in [-0.39, 0.29) is 5.91 Å². The highest BCUT2D eigenvalue weighted by Crippen LogP contribution is 2.42. The molecule has 5 rings (SSSR count). The molecule has 0 saturated heterocycles. The van der Waals surface area contributed by atoms with Crippen molar-refractivity contribution < 1.29 is 19.1 Å². The summed E-state index contributed by atoms with van der Waals surface area (Å²) in [5.74, 6) is 0.528. The van der Waals surface area contributed by atoms with Crippen LogP contribution < -0.4 is 25.6 Å². The number of alkyl carbamates (subject to hydrolysis) is 1. The van der Waals surface area contributed by atoms with Crippen molar-refractivity contribution in [2.75, 3.05) is 36.2 Å². The zero-order valence-electron chi connectivity index (χ0n) is 26.0. The van der Waals surface area contributed by atoms with E-state index in [1.165, 1.54) is 6.08 Å². The molecule has 0 bridgehead atoms. The highest BCUT2D eigenvalue weighted by molar-refractivity contribution is 6.02. The van der Waals surface area contributed by atoms with E-state index in [9.17, 15) is 9.59 Å². The van der Waals surface area contributed by atoms with Gasteiger partial charge in [0.2, 0.25) is 11.9 Å². The highest BCUT2D eigenvalue weighted by atomic mass is 16.6. The molecule has 2 amide bonds. The maximum atomic E-state index is 12.5. The third-order valence-electron chi connectivity index (χ3n) is 7.41. The third-order valence-corrected chi connectivity index (χ3v) is 7.41. The number of methoxy groups -OCH3 is 1. The number of carbonyl (C=O) groups excluding carboxylic acids is 2. The van der Waals surface area contributed by atoms with Gasteiger partial charge >= 0.3 is 6.09 Å². The van der Waals surface area contributed by atoms with Crippen molar-refractivity contribution in [1.82, 2.24) is 19.9 Å². The Hall–Kier alpha value is -5.06. The number of hydrogen-bond acceptors (Lipinski definition) is 8. The van der Waals surface area contributed by atoms with E-state index in [1.54, 1.807) is 19.4 Å². The lowest BCUT2D eigenvalue weighted by Gasteiger charge is -2.30. The predicted octanol–water partition coefficient (Wildman–Crippen LogP) is 6.01. The number of para-hydroxylation sites is 1. The van der Waals surface area contributed by atoms with E-state index in [4.69, 9.17) is 14.5 Å². The van der Waals surface area contributed by atoms with Crippen molar-refractivity contribution in [2.45, 2.75) is 44.8 Å². The Morgan fingerprint density at radius 1 is 1.16 bits per heavy atom. The third kappa shape index (κ3) is 6.77. The van der Waals surface area contributed by atoms with Crippen LogP contribution in [0.4, 0.5) is 27.8 Å². The minimum atomic E-state index is -0.595. The molecule has 1 aliphatic carbocycles. The second-order valence-electron chi connectivity index (χ2n) is 12.1. The second-order valence-corrected chi connectivity index (χ2v) is 12.1. The van der Waals surface area contributed by atoms with Crippen molar-refractivity contribution in [2.24, 2.45) is 7.05 Å². The Balaban J connectivity index is 1.43. The summed E-state index contributed by atoms with van der Waals surface area (Å²) in [6.07, 6.45) is 6.14. The van der Waals surface area contributed by atoms with Crippen LogP contribution in [0.1, 0.15) is 33.6 Å². The van der Waals surface area contributed by atoms with Crippen LogP contribution in [0.2, 0.25) is 0 Å². The number of carbonyl (C=O) groups is 2. The van der Waals surface area contributed by atoms with Crippen molar-refractivity contribution in [1.29, 1.82) is 0 Å². The monoisotopic (exact) mass is 597 g/mol. The number of benzene rings is 2. The summed E-state index contributed by atoms with van der Waals surface area (Å²) in [4.78, 5) is 36.2. The van der Waals surface area contributed by atoms with Crippen LogP contribution >= 0.6 is 0 Å². The molecule has 1 fully saturated rings. The Bertz CT molecular complexity index is 1720. The van der Waals surface area contributed by atoms with Gasteiger partial charge in [0.25, 0.3) is 0 Å². The number of likely N-dealkylation sites (N-methyl/N-ethyl adjacent to an activating group) is 1. The fourth-order valence-electron chi connectivity index (χ4n) is 5.20. The highest BCUT2D eigenvalue weighted by Gasteiger charge is 2.46. The van der Waals surface area contributed by atoms with Crippen molar-refractivity contribution in [3.05, 3.63) is 67.5 Å². The van der Waals surface area contributed by atoms with Gasteiger partial charge in [0.15, 0.2) is 0 Å². The molecular weight excluding hydrogens is 558 g/mol. The van der Waals surface area contributed by atoms with Crippen LogP contribution in [0.5, 0.6) is 5.75 Å². The number of nitrogens with one attached hydrogen (secondary N) is 3. The van der Waals surface area contributed by atoms with E-state index in [0.717, 1.165) is 35.0 Å². The molecule has 4 aromatic rings. The maximum absolute atomic E-state index is 12.5. The van der Waals surface area contributed by atoms with Gasteiger partial charge in [-0.2, -0.15) is 0 Å². The fraction of sp³-hybridized carbons (Fsp3) is 0.333. The molecular formula is C33H39N7O4. The van der Waals surface area contributed by atoms with Gasteiger partial charge in [-0.05, 0) is 57.9 Å². The van der Waals surface area contributed by atoms with Crippen LogP contribution in [-0.2, 0) is 16.6 Å². The average molecular weight is 598 g/mol. The Labute approximate surface area is 257 Å². The first kappa shape index (κ1) is 30.4. The molecule has 0 atom stereocenters. The standard InChI is InChI=1S/C33H39N7O4/c1-8-29(41)35-24-17-25(37-30-34-16-13-23(36-30)22-19-39(5)26-12-10-9-11-21(22)26)28(43-7)18-27(24)40(6)20-33(14-15-33)38-31(42)44-32(2,3)4/h8-13,16-19H,1,14-15,20H2,2-7H3,(H,35,41)(H,38,42)(H,34,36,37).